The van der Waals surface area contributed by atoms with Gasteiger partial charge in [0, 0.05) is 32.8 Å². The van der Waals surface area contributed by atoms with Crippen molar-refractivity contribution in [2.45, 2.75) is 36.8 Å². The standard InChI is InChI=1S/C22H34N4O3/c1-23-19(27)16-25-17-21(26(20(25)28)14-15-29-4)10-12-22(13-11-21,24(2)3)18-8-6-5-7-9-18/h5-9H,10-17H2,1-4H3,(H,23,27)/t21-,22+. The van der Waals surface area contributed by atoms with Gasteiger partial charge in [-0.3, -0.25) is 9.69 Å². The molecule has 160 valence electrons. The van der Waals surface area contributed by atoms with Crippen LogP contribution in [0.1, 0.15) is 31.2 Å². The Morgan fingerprint density at radius 1 is 1.17 bits per heavy atom. The van der Waals surface area contributed by atoms with E-state index >= 15 is 0 Å². The van der Waals surface area contributed by atoms with Crippen LogP contribution < -0.4 is 5.32 Å². The normalized spacial score (nSPS) is 27.1. The van der Waals surface area contributed by atoms with Crippen LogP contribution in [0.3, 0.4) is 0 Å². The lowest BCUT2D eigenvalue weighted by Crippen LogP contribution is -2.56. The first-order chi connectivity index (χ1) is 13.9. The topological polar surface area (TPSA) is 65.1 Å². The van der Waals surface area contributed by atoms with Gasteiger partial charge in [0.15, 0.2) is 0 Å². The Morgan fingerprint density at radius 2 is 1.83 bits per heavy atom. The number of nitrogens with one attached hydrogen (secondary N) is 1. The van der Waals surface area contributed by atoms with E-state index in [4.69, 9.17) is 4.74 Å². The smallest absolute Gasteiger partial charge is 0.321 e. The second-order valence-corrected chi connectivity index (χ2v) is 8.47. The number of benzene rings is 1. The summed E-state index contributed by atoms with van der Waals surface area (Å²) in [6.07, 6.45) is 3.74. The number of likely N-dealkylation sites (N-methyl/N-ethyl adjacent to an activating group) is 1. The molecule has 7 nitrogen and oxygen atoms in total. The molecule has 1 N–H and O–H groups in total. The van der Waals surface area contributed by atoms with E-state index in [9.17, 15) is 9.59 Å². The highest BCUT2D eigenvalue weighted by molar-refractivity contribution is 5.85. The number of carbonyl (C=O) groups excluding carboxylic acids is 2. The average Bonchev–Trinajstić information content (AvgIpc) is 2.98. The van der Waals surface area contributed by atoms with E-state index in [2.05, 4.69) is 54.6 Å². The third-order valence-corrected chi connectivity index (χ3v) is 6.87. The number of rotatable bonds is 7. The largest absolute Gasteiger partial charge is 0.383 e. The Balaban J connectivity index is 1.85. The van der Waals surface area contributed by atoms with Crippen molar-refractivity contribution in [3.8, 4) is 0 Å². The third kappa shape index (κ3) is 3.98. The van der Waals surface area contributed by atoms with Gasteiger partial charge in [0.25, 0.3) is 0 Å². The van der Waals surface area contributed by atoms with Crippen LogP contribution in [0.4, 0.5) is 4.79 Å². The molecular formula is C22H34N4O3. The maximum atomic E-state index is 13.1. The highest BCUT2D eigenvalue weighted by Crippen LogP contribution is 2.48. The predicted molar refractivity (Wildman–Crippen MR) is 113 cm³/mol. The molecule has 29 heavy (non-hydrogen) atoms. The van der Waals surface area contributed by atoms with Gasteiger partial charge in [-0.05, 0) is 45.3 Å². The zero-order valence-corrected chi connectivity index (χ0v) is 18.1. The second kappa shape index (κ2) is 8.71. The number of amides is 3. The summed E-state index contributed by atoms with van der Waals surface area (Å²) in [7, 11) is 7.55. The van der Waals surface area contributed by atoms with Gasteiger partial charge in [-0.25, -0.2) is 4.79 Å². The van der Waals surface area contributed by atoms with Gasteiger partial charge >= 0.3 is 6.03 Å². The SMILES string of the molecule is CNC(=O)CN1C[C@]2(CC[C@](c3ccccc3)(N(C)C)CC2)N(CCOC)C1=O. The van der Waals surface area contributed by atoms with E-state index in [1.54, 1.807) is 19.1 Å². The average molecular weight is 403 g/mol. The van der Waals surface area contributed by atoms with Crippen LogP contribution in [0.15, 0.2) is 30.3 Å². The molecule has 2 aliphatic rings. The Labute approximate surface area is 174 Å². The minimum Gasteiger partial charge on any atom is -0.383 e. The number of hydrogen-bond donors (Lipinski definition) is 1. The molecule has 0 bridgehead atoms. The molecule has 1 aliphatic heterocycles. The first-order valence-corrected chi connectivity index (χ1v) is 10.4. The van der Waals surface area contributed by atoms with Crippen molar-refractivity contribution in [3.63, 3.8) is 0 Å². The quantitative estimate of drug-likeness (QED) is 0.756. The molecule has 7 heteroatoms. The lowest BCUT2D eigenvalue weighted by Gasteiger charge is -2.51. The van der Waals surface area contributed by atoms with Gasteiger partial charge in [-0.2, -0.15) is 0 Å². The zero-order valence-electron chi connectivity index (χ0n) is 18.1. The van der Waals surface area contributed by atoms with Crippen molar-refractivity contribution in [2.75, 3.05) is 54.5 Å². The lowest BCUT2D eigenvalue weighted by atomic mass is 9.68. The van der Waals surface area contributed by atoms with Crippen molar-refractivity contribution in [2.24, 2.45) is 0 Å². The van der Waals surface area contributed by atoms with Gasteiger partial charge in [-0.15, -0.1) is 0 Å². The molecule has 1 aromatic rings. The van der Waals surface area contributed by atoms with Crippen LogP contribution in [-0.2, 0) is 15.1 Å². The number of carbonyl (C=O) groups is 2. The fourth-order valence-electron chi connectivity index (χ4n) is 5.07. The fraction of sp³-hybridized carbons (Fsp3) is 0.636. The molecule has 3 rings (SSSR count). The fourth-order valence-corrected chi connectivity index (χ4v) is 5.07. The monoisotopic (exact) mass is 402 g/mol. The van der Waals surface area contributed by atoms with Gasteiger partial charge in [0.2, 0.25) is 5.91 Å². The Bertz CT molecular complexity index is 714. The first-order valence-electron chi connectivity index (χ1n) is 10.4. The summed E-state index contributed by atoms with van der Waals surface area (Å²) in [5, 5.41) is 2.63. The summed E-state index contributed by atoms with van der Waals surface area (Å²) in [5.41, 5.74) is 1.06. The number of methoxy groups -OCH3 is 1. The Kier molecular flexibility index (Phi) is 6.49. The number of hydrogen-bond acceptors (Lipinski definition) is 4. The molecule has 1 aromatic carbocycles. The molecule has 1 spiro atoms. The zero-order chi connectivity index (χ0) is 21.1. The van der Waals surface area contributed by atoms with Gasteiger partial charge in [0.05, 0.1) is 12.1 Å². The van der Waals surface area contributed by atoms with Gasteiger partial charge in [0.1, 0.15) is 6.54 Å². The van der Waals surface area contributed by atoms with Crippen LogP contribution in [0.25, 0.3) is 0 Å². The van der Waals surface area contributed by atoms with E-state index in [0.29, 0.717) is 19.7 Å². The van der Waals surface area contributed by atoms with Crippen molar-refractivity contribution >= 4 is 11.9 Å². The van der Waals surface area contributed by atoms with Crippen LogP contribution in [0.5, 0.6) is 0 Å². The highest BCUT2D eigenvalue weighted by atomic mass is 16.5. The van der Waals surface area contributed by atoms with Crippen molar-refractivity contribution in [1.82, 2.24) is 20.0 Å². The van der Waals surface area contributed by atoms with Gasteiger partial charge in [-0.1, -0.05) is 30.3 Å². The maximum Gasteiger partial charge on any atom is 0.321 e. The minimum absolute atomic E-state index is 0.0311. The number of nitrogens with zero attached hydrogens (tertiary/aromatic N) is 3. The summed E-state index contributed by atoms with van der Waals surface area (Å²) in [6.45, 7) is 1.76. The van der Waals surface area contributed by atoms with E-state index in [0.717, 1.165) is 25.7 Å². The summed E-state index contributed by atoms with van der Waals surface area (Å²) in [6, 6.07) is 10.6. The molecule has 0 aromatic heterocycles. The molecule has 0 radical (unpaired) electrons. The molecule has 0 atom stereocenters. The molecule has 1 aliphatic carbocycles. The van der Waals surface area contributed by atoms with Crippen LogP contribution in [0, 0.1) is 0 Å². The minimum atomic E-state index is -0.238. The number of urea groups is 1. The predicted octanol–water partition coefficient (Wildman–Crippen LogP) is 1.89. The van der Waals surface area contributed by atoms with Crippen LogP contribution in [0.2, 0.25) is 0 Å². The molecule has 0 unspecified atom stereocenters. The van der Waals surface area contributed by atoms with E-state index in [1.807, 2.05) is 4.90 Å². The Hall–Kier alpha value is -2.12. The van der Waals surface area contributed by atoms with Gasteiger partial charge < -0.3 is 19.9 Å². The van der Waals surface area contributed by atoms with E-state index in [-0.39, 0.29) is 29.6 Å². The molecule has 3 amide bonds. The summed E-state index contributed by atoms with van der Waals surface area (Å²) in [5.74, 6) is -0.134. The van der Waals surface area contributed by atoms with Crippen LogP contribution in [-0.4, -0.2) is 86.7 Å². The molecule has 1 saturated carbocycles. The summed E-state index contributed by atoms with van der Waals surface area (Å²) < 4.78 is 5.27. The van der Waals surface area contributed by atoms with Crippen molar-refractivity contribution in [1.29, 1.82) is 0 Å². The lowest BCUT2D eigenvalue weighted by molar-refractivity contribution is -0.121. The Morgan fingerprint density at radius 3 is 2.38 bits per heavy atom. The first kappa shape index (κ1) is 21.6. The van der Waals surface area contributed by atoms with E-state index < -0.39 is 0 Å². The molecule has 2 fully saturated rings. The third-order valence-electron chi connectivity index (χ3n) is 6.87. The van der Waals surface area contributed by atoms with E-state index in [1.165, 1.54) is 5.56 Å². The van der Waals surface area contributed by atoms with Crippen molar-refractivity contribution < 1.29 is 14.3 Å². The highest BCUT2D eigenvalue weighted by Gasteiger charge is 2.54. The second-order valence-electron chi connectivity index (χ2n) is 8.47. The maximum absolute atomic E-state index is 13.1. The van der Waals surface area contributed by atoms with Crippen molar-refractivity contribution in [3.05, 3.63) is 35.9 Å². The van der Waals surface area contributed by atoms with Crippen LogP contribution >= 0.6 is 0 Å². The molecule has 1 saturated heterocycles. The molecular weight excluding hydrogens is 368 g/mol. The summed E-state index contributed by atoms with van der Waals surface area (Å²) in [4.78, 5) is 31.0. The molecule has 1 heterocycles. The summed E-state index contributed by atoms with van der Waals surface area (Å²) >= 11 is 0. The number of ether oxygens (including phenoxy) is 1.